The largest absolute Gasteiger partial charge is 0.463 e. The zero-order chi connectivity index (χ0) is 73.5. The van der Waals surface area contributed by atoms with Gasteiger partial charge in [0.1, 0.15) is 29.5 Å². The smallest absolute Gasteiger partial charge is 0.338 e. The number of amides is 4. The number of carbonyl (C=O) groups excluding carboxylic acids is 6. The van der Waals surface area contributed by atoms with Crippen LogP contribution < -0.4 is 20.4 Å². The van der Waals surface area contributed by atoms with Crippen molar-refractivity contribution in [1.29, 1.82) is 0 Å². The number of Topliss-reactive ketones (excluding diaryl/α,β-unsaturated/α-hetero) is 2. The van der Waals surface area contributed by atoms with Crippen LogP contribution in [0.25, 0.3) is 22.5 Å². The van der Waals surface area contributed by atoms with Gasteiger partial charge >= 0.3 is 24.0 Å². The molecule has 4 aromatic heterocycles. The Bertz CT molecular complexity index is 4460. The maximum absolute atomic E-state index is 14.1. The summed E-state index contributed by atoms with van der Waals surface area (Å²) in [7, 11) is 0. The molecule has 0 unspecified atom stereocenters. The number of carbonyl (C=O) groups is 6. The van der Waals surface area contributed by atoms with E-state index in [1.54, 1.807) is 74.2 Å². The first-order valence-corrected chi connectivity index (χ1v) is 38.5. The Balaban J connectivity index is 0.000000185. The fourth-order valence-corrected chi connectivity index (χ4v) is 16.9. The molecular weight excluding hydrogens is 1470 g/mol. The molecular formula is C74H74Cl3FN14O8S4. The van der Waals surface area contributed by atoms with Gasteiger partial charge in [-0.2, -0.15) is 0 Å². The lowest BCUT2D eigenvalue weighted by atomic mass is 9.81. The van der Waals surface area contributed by atoms with Crippen LogP contribution in [0, 0.1) is 5.82 Å². The highest BCUT2D eigenvalue weighted by atomic mass is 35.5. The van der Waals surface area contributed by atoms with E-state index in [0.717, 1.165) is 33.6 Å². The monoisotopic (exact) mass is 1540 g/mol. The van der Waals surface area contributed by atoms with Crippen LogP contribution in [0.5, 0.6) is 0 Å². The van der Waals surface area contributed by atoms with Gasteiger partial charge in [0.25, 0.3) is 0 Å². The SMILES string of the molecule is CCOC(=O)C1=C(CN2CCN3C(=O)N(c4nc(-c5ccc(C(C)(C)C(C)=O)cc5)cs4)C[C@@H]3C2)NC(c2nccs2)=N[C@H]1c1ccc(Cl)cc1Cl.CCOC(=O)C1=C(CN2CCN3C(=O)N(c4nc(-c5ccc(C(C)(C)C(C)=O)cc5)cs4)C[C@@H]3C2)NC(c2nccs2)=N[C@H]1c1ccc(F)cc1Cl. The second kappa shape index (κ2) is 30.8. The van der Waals surface area contributed by atoms with Crippen molar-refractivity contribution in [3.05, 3.63) is 195 Å². The van der Waals surface area contributed by atoms with Gasteiger partial charge in [-0.05, 0) is 90.8 Å². The predicted octanol–water partition coefficient (Wildman–Crippen LogP) is 13.4. The molecule has 4 fully saturated rings. The van der Waals surface area contributed by atoms with E-state index in [4.69, 9.17) is 64.2 Å². The molecule has 2 N–H and O–H groups in total. The Morgan fingerprint density at radius 3 is 1.38 bits per heavy atom. The second-order valence-corrected chi connectivity index (χ2v) is 31.5. The molecule has 0 spiro atoms. The van der Waals surface area contributed by atoms with E-state index in [2.05, 4.69) is 30.4 Å². The molecule has 8 aromatic rings. The molecule has 6 aliphatic rings. The number of aromatic nitrogens is 4. The Labute approximate surface area is 631 Å². The Morgan fingerprint density at radius 1 is 0.567 bits per heavy atom. The number of hydrogen-bond acceptors (Lipinski definition) is 22. The number of esters is 2. The number of amidine groups is 2. The van der Waals surface area contributed by atoms with Crippen molar-refractivity contribution in [2.24, 2.45) is 9.98 Å². The molecule has 22 nitrogen and oxygen atoms in total. The number of ketones is 2. The summed E-state index contributed by atoms with van der Waals surface area (Å²) in [4.78, 5) is 119. The molecule has 4 atom stereocenters. The molecule has 4 amide bonds. The molecule has 0 radical (unpaired) electrons. The van der Waals surface area contributed by atoms with E-state index in [9.17, 15) is 33.2 Å². The number of nitrogens with zero attached hydrogens (tertiary/aromatic N) is 12. The normalized spacial score (nSPS) is 19.4. The first-order valence-electron chi connectivity index (χ1n) is 33.8. The molecule has 540 valence electrons. The molecule has 4 saturated heterocycles. The van der Waals surface area contributed by atoms with Gasteiger partial charge in [-0.1, -0.05) is 95.5 Å². The van der Waals surface area contributed by atoms with E-state index < -0.39 is 40.7 Å². The molecule has 6 aliphatic heterocycles. The molecule has 104 heavy (non-hydrogen) atoms. The summed E-state index contributed by atoms with van der Waals surface area (Å²) < 4.78 is 25.2. The van der Waals surface area contributed by atoms with Gasteiger partial charge in [0.05, 0.1) is 60.9 Å². The fraction of sp³-hybridized carbons (Fsp3) is 0.351. The third kappa shape index (κ3) is 15.1. The molecule has 14 rings (SSSR count). The summed E-state index contributed by atoms with van der Waals surface area (Å²) in [6, 6.07) is 23.0. The summed E-state index contributed by atoms with van der Waals surface area (Å²) in [6.45, 7) is 19.7. The Kier molecular flexibility index (Phi) is 21.8. The number of piperazine rings is 2. The lowest BCUT2D eigenvalue weighted by Gasteiger charge is -2.38. The lowest BCUT2D eigenvalue weighted by Crippen LogP contribution is -2.53. The fourth-order valence-electron chi connectivity index (χ4n) is 13.3. The maximum atomic E-state index is 14.1. The quantitative estimate of drug-likeness (QED) is 0.0674. The predicted molar refractivity (Wildman–Crippen MR) is 406 cm³/mol. The molecule has 4 aromatic carbocycles. The van der Waals surface area contributed by atoms with Gasteiger partial charge in [-0.3, -0.25) is 39.2 Å². The van der Waals surface area contributed by atoms with Crippen LogP contribution in [-0.4, -0.2) is 178 Å². The zero-order valence-corrected chi connectivity index (χ0v) is 63.7. The molecule has 10 heterocycles. The van der Waals surface area contributed by atoms with E-state index in [0.29, 0.717) is 136 Å². The van der Waals surface area contributed by atoms with Crippen LogP contribution in [0.15, 0.2) is 151 Å². The number of aliphatic imine (C=N–C) groups is 2. The number of hydrogen-bond donors (Lipinski definition) is 2. The number of halogens is 4. The van der Waals surface area contributed by atoms with E-state index >= 15 is 0 Å². The van der Waals surface area contributed by atoms with Gasteiger partial charge in [-0.25, -0.2) is 43.5 Å². The summed E-state index contributed by atoms with van der Waals surface area (Å²) in [6.07, 6.45) is 3.38. The van der Waals surface area contributed by atoms with Crippen molar-refractivity contribution in [2.75, 3.05) is 88.5 Å². The zero-order valence-electron chi connectivity index (χ0n) is 58.1. The molecule has 0 aliphatic carbocycles. The highest BCUT2D eigenvalue weighted by Gasteiger charge is 2.46. The maximum Gasteiger partial charge on any atom is 0.338 e. The van der Waals surface area contributed by atoms with Crippen molar-refractivity contribution in [3.8, 4) is 22.5 Å². The third-order valence-electron chi connectivity index (χ3n) is 19.7. The number of ether oxygens (including phenoxy) is 2. The van der Waals surface area contributed by atoms with Gasteiger partial charge < -0.3 is 29.9 Å². The second-order valence-electron chi connectivity index (χ2n) is 26.7. The third-order valence-corrected chi connectivity index (χ3v) is 23.9. The summed E-state index contributed by atoms with van der Waals surface area (Å²) >= 11 is 25.2. The van der Waals surface area contributed by atoms with Gasteiger partial charge in [0.2, 0.25) is 0 Å². The summed E-state index contributed by atoms with van der Waals surface area (Å²) in [5.41, 5.74) is 7.09. The highest BCUT2D eigenvalue weighted by molar-refractivity contribution is 7.14. The Hall–Kier alpha value is -8.64. The van der Waals surface area contributed by atoms with Crippen molar-refractivity contribution >= 4 is 138 Å². The summed E-state index contributed by atoms with van der Waals surface area (Å²) in [5.74, 6) is -0.322. The first kappa shape index (κ1) is 73.7. The number of rotatable bonds is 20. The number of urea groups is 2. The summed E-state index contributed by atoms with van der Waals surface area (Å²) in [5, 5.41) is 18.0. The average molecular weight is 1540 g/mol. The molecule has 0 bridgehead atoms. The van der Waals surface area contributed by atoms with Crippen LogP contribution in [0.2, 0.25) is 15.1 Å². The lowest BCUT2D eigenvalue weighted by molar-refractivity contribution is -0.139. The minimum atomic E-state index is -0.858. The van der Waals surface area contributed by atoms with Crippen LogP contribution in [0.4, 0.5) is 24.2 Å². The van der Waals surface area contributed by atoms with E-state index in [-0.39, 0.29) is 59.5 Å². The van der Waals surface area contributed by atoms with Crippen molar-refractivity contribution in [3.63, 3.8) is 0 Å². The number of benzene rings is 4. The van der Waals surface area contributed by atoms with Gasteiger partial charge in [-0.15, -0.1) is 45.3 Å². The average Bonchev–Trinajstić information content (AvgIpc) is 0.951. The van der Waals surface area contributed by atoms with Crippen molar-refractivity contribution < 1.29 is 42.6 Å². The van der Waals surface area contributed by atoms with Crippen LogP contribution in [-0.2, 0) is 39.5 Å². The van der Waals surface area contributed by atoms with E-state index in [1.165, 1.54) is 57.5 Å². The molecule has 0 saturated carbocycles. The van der Waals surface area contributed by atoms with Crippen molar-refractivity contribution in [1.82, 2.24) is 50.2 Å². The standard InChI is InChI=1S/C37H37Cl2N7O4S2.C37H37ClFN7O4S2/c1-5-50-34(48)30-28(41-32(33-40-12-15-51-33)43-31(30)26-11-10-24(38)16-27(26)39)19-44-13-14-45-25(17-44)18-46(36(45)49)35-42-29(20-52-35)22-6-8-23(9-7-22)37(3,4)21(2)47;1-5-50-34(48)30-28(41-32(33-40-12-15-51-33)43-31(30)26-11-10-24(39)16-27(26)38)19-44-13-14-45-25(17-44)18-46(36(45)49)35-42-29(20-52-35)22-6-8-23(9-7-22)37(3,4)21(2)47/h2*6-12,15-16,20,25,31H,5,13-14,17-19H2,1-4H3,(H,41,43)/t2*25-,31-/m00/s1. The van der Waals surface area contributed by atoms with Crippen molar-refractivity contribution in [2.45, 2.75) is 90.4 Å². The number of fused-ring (bicyclic) bond motifs is 2. The number of thiazole rings is 4. The minimum absolute atomic E-state index is 0.0676. The number of nitrogens with one attached hydrogen (secondary N) is 2. The van der Waals surface area contributed by atoms with Gasteiger partial charge in [0.15, 0.2) is 31.9 Å². The molecule has 30 heteroatoms. The number of anilines is 2. The first-order chi connectivity index (χ1) is 49.9. The van der Waals surface area contributed by atoms with Gasteiger partial charge in [0, 0.05) is 146 Å². The topological polar surface area (TPSA) is 241 Å². The highest BCUT2D eigenvalue weighted by Crippen LogP contribution is 2.42. The van der Waals surface area contributed by atoms with Crippen LogP contribution >= 0.6 is 80.1 Å². The Morgan fingerprint density at radius 2 is 0.990 bits per heavy atom. The van der Waals surface area contributed by atoms with Crippen LogP contribution in [0.1, 0.15) is 99.7 Å². The van der Waals surface area contributed by atoms with E-state index in [1.807, 2.05) is 108 Å². The van der Waals surface area contributed by atoms with Crippen LogP contribution in [0.3, 0.4) is 0 Å². The minimum Gasteiger partial charge on any atom is -0.463 e.